The van der Waals surface area contributed by atoms with Crippen molar-refractivity contribution >= 4 is 25.6 Å². The molecule has 0 aromatic carbocycles. The number of esters is 1. The Morgan fingerprint density at radius 3 is 2.58 bits per heavy atom. The maximum Gasteiger partial charge on any atom is 0.348 e. The molecule has 1 unspecified atom stereocenters. The van der Waals surface area contributed by atoms with E-state index in [4.69, 9.17) is 9.16 Å². The smallest absolute Gasteiger partial charge is 0.348 e. The number of carbonyl (C=O) groups excluding carboxylic acids is 1. The number of hydrogen-bond acceptors (Lipinski definition) is 4. The van der Waals surface area contributed by atoms with Crippen molar-refractivity contribution in [3.63, 3.8) is 0 Å². The zero-order chi connectivity index (χ0) is 26.6. The zero-order valence-corrected chi connectivity index (χ0v) is 25.5. The second kappa shape index (κ2) is 12.3. The summed E-state index contributed by atoms with van der Waals surface area (Å²) in [4.78, 5) is 13.6. The summed E-state index contributed by atoms with van der Waals surface area (Å²) in [6.45, 7) is 14.0. The van der Waals surface area contributed by atoms with Gasteiger partial charge in [0.1, 0.15) is 11.0 Å². The van der Waals surface area contributed by atoms with Crippen LogP contribution in [-0.4, -0.2) is 33.7 Å². The fraction of sp³-hybridized carbons (Fsp3) is 0.767. The lowest BCUT2D eigenvalue weighted by molar-refractivity contribution is -0.0272. The minimum Gasteiger partial charge on any atom is -0.465 e. The molecule has 1 aromatic rings. The van der Waals surface area contributed by atoms with Crippen LogP contribution < -0.4 is 0 Å². The average Bonchev–Trinajstić information content (AvgIpc) is 3.39. The molecular formula is C30H49FO3SSi. The second-order valence-electron chi connectivity index (χ2n) is 12.7. The van der Waals surface area contributed by atoms with Gasteiger partial charge in [-0.1, -0.05) is 46.3 Å². The number of allylic oxidation sites excluding steroid dienone is 1. The third-order valence-electron chi connectivity index (χ3n) is 9.51. The van der Waals surface area contributed by atoms with E-state index in [-0.39, 0.29) is 23.0 Å². The molecule has 4 atom stereocenters. The van der Waals surface area contributed by atoms with Gasteiger partial charge in [-0.05, 0) is 99.4 Å². The van der Waals surface area contributed by atoms with Crippen LogP contribution in [0.25, 0.3) is 0 Å². The van der Waals surface area contributed by atoms with Crippen LogP contribution in [0, 0.1) is 17.3 Å². The maximum atomic E-state index is 14.9. The molecule has 204 valence electrons. The first kappa shape index (κ1) is 29.6. The van der Waals surface area contributed by atoms with Gasteiger partial charge in [0.2, 0.25) is 0 Å². The van der Waals surface area contributed by atoms with Crippen LogP contribution >= 0.6 is 11.3 Å². The predicted molar refractivity (Wildman–Crippen MR) is 152 cm³/mol. The normalized spacial score (nSPS) is 25.2. The number of hydrogen-bond donors (Lipinski definition) is 0. The standard InChI is InChI=1S/C30H49FO3SSi/c1-8-30(20-11-21-30)27(34-36(6,7)29(2,3)4)15-10-14-24-22(16-18-25(24)31)12-9-13-23-17-19-26(35-23)28(32)33-5/h10,14,17,19,22,24-25,27H,8-9,11-13,15-16,18,20-21H2,1-7H3/b14-10+/t22-,24+,25-,27?/m0/s1. The van der Waals surface area contributed by atoms with E-state index in [1.807, 2.05) is 12.1 Å². The van der Waals surface area contributed by atoms with Gasteiger partial charge in [0.05, 0.1) is 13.2 Å². The number of rotatable bonds is 12. The maximum absolute atomic E-state index is 14.9. The fourth-order valence-corrected chi connectivity index (χ4v) is 8.16. The third-order valence-corrected chi connectivity index (χ3v) is 15.1. The monoisotopic (exact) mass is 536 g/mol. The number of carbonyl (C=O) groups is 1. The van der Waals surface area contributed by atoms with E-state index in [0.29, 0.717) is 22.6 Å². The largest absolute Gasteiger partial charge is 0.465 e. The lowest BCUT2D eigenvalue weighted by atomic mass is 9.63. The topological polar surface area (TPSA) is 35.5 Å². The molecule has 3 rings (SSSR count). The van der Waals surface area contributed by atoms with Crippen LogP contribution in [0.15, 0.2) is 24.3 Å². The lowest BCUT2D eigenvalue weighted by Crippen LogP contribution is -2.51. The van der Waals surface area contributed by atoms with Crippen molar-refractivity contribution in [1.82, 2.24) is 0 Å². The highest BCUT2D eigenvalue weighted by Gasteiger charge is 2.47. The summed E-state index contributed by atoms with van der Waals surface area (Å²) in [5.74, 6) is 0.154. The molecule has 6 heteroatoms. The summed E-state index contributed by atoms with van der Waals surface area (Å²) < 4.78 is 26.8. The van der Waals surface area contributed by atoms with Crippen molar-refractivity contribution in [1.29, 1.82) is 0 Å². The van der Waals surface area contributed by atoms with Crippen LogP contribution in [0.4, 0.5) is 4.39 Å². The molecule has 1 aromatic heterocycles. The van der Waals surface area contributed by atoms with Gasteiger partial charge in [-0.3, -0.25) is 0 Å². The number of halogens is 1. The van der Waals surface area contributed by atoms with Crippen molar-refractivity contribution < 1.29 is 18.3 Å². The van der Waals surface area contributed by atoms with E-state index < -0.39 is 14.5 Å². The highest BCUT2D eigenvalue weighted by molar-refractivity contribution is 7.13. The summed E-state index contributed by atoms with van der Waals surface area (Å²) in [5.41, 5.74) is 0.299. The van der Waals surface area contributed by atoms with Gasteiger partial charge in [0, 0.05) is 10.8 Å². The SMILES string of the molecule is CCC1(C(C/C=C/[C@@H]2[C@@H](CCCc3ccc(C(=O)OC)s3)CC[C@@H]2F)O[Si](C)(C)C(C)(C)C)CCC1. The van der Waals surface area contributed by atoms with Crippen LogP contribution in [0.1, 0.15) is 100 Å². The van der Waals surface area contributed by atoms with E-state index >= 15 is 0 Å². The Morgan fingerprint density at radius 1 is 1.28 bits per heavy atom. The van der Waals surface area contributed by atoms with Gasteiger partial charge in [-0.25, -0.2) is 9.18 Å². The second-order valence-corrected chi connectivity index (χ2v) is 18.6. The van der Waals surface area contributed by atoms with Gasteiger partial charge >= 0.3 is 5.97 Å². The molecule has 0 amide bonds. The number of aryl methyl sites for hydroxylation is 1. The molecule has 2 saturated carbocycles. The molecule has 2 aliphatic carbocycles. The molecule has 0 radical (unpaired) electrons. The fourth-order valence-electron chi connectivity index (χ4n) is 5.78. The van der Waals surface area contributed by atoms with Crippen LogP contribution in [0.3, 0.4) is 0 Å². The quantitative estimate of drug-likeness (QED) is 0.152. The Kier molecular flexibility index (Phi) is 10.1. The first-order valence-electron chi connectivity index (χ1n) is 14.1. The summed E-state index contributed by atoms with van der Waals surface area (Å²) >= 11 is 1.51. The summed E-state index contributed by atoms with van der Waals surface area (Å²) in [6, 6.07) is 3.87. The number of ether oxygens (including phenoxy) is 1. The first-order valence-corrected chi connectivity index (χ1v) is 17.8. The molecule has 0 saturated heterocycles. The molecular weight excluding hydrogens is 487 g/mol. The summed E-state index contributed by atoms with van der Waals surface area (Å²) in [7, 11) is -0.463. The molecule has 0 aliphatic heterocycles. The molecule has 0 spiro atoms. The molecule has 0 bridgehead atoms. The zero-order valence-electron chi connectivity index (χ0n) is 23.7. The highest BCUT2D eigenvalue weighted by Crippen LogP contribution is 2.51. The minimum atomic E-state index is -1.88. The van der Waals surface area contributed by atoms with Gasteiger partial charge in [-0.2, -0.15) is 0 Å². The Labute approximate surface area is 224 Å². The van der Waals surface area contributed by atoms with E-state index in [1.54, 1.807) is 0 Å². The van der Waals surface area contributed by atoms with Crippen molar-refractivity contribution in [3.8, 4) is 0 Å². The van der Waals surface area contributed by atoms with Crippen LogP contribution in [0.2, 0.25) is 18.1 Å². The van der Waals surface area contributed by atoms with E-state index in [2.05, 4.69) is 52.9 Å². The van der Waals surface area contributed by atoms with Crippen LogP contribution in [0.5, 0.6) is 0 Å². The Morgan fingerprint density at radius 2 is 2.00 bits per heavy atom. The van der Waals surface area contributed by atoms with Crippen molar-refractivity contribution in [2.45, 2.75) is 122 Å². The predicted octanol–water partition coefficient (Wildman–Crippen LogP) is 9.14. The van der Waals surface area contributed by atoms with Gasteiger partial charge in [0.15, 0.2) is 8.32 Å². The molecule has 2 aliphatic rings. The Bertz CT molecular complexity index is 877. The summed E-state index contributed by atoms with van der Waals surface area (Å²) in [6.07, 6.45) is 14.5. The minimum absolute atomic E-state index is 0.0199. The van der Waals surface area contributed by atoms with E-state index in [0.717, 1.165) is 32.1 Å². The molecule has 2 fully saturated rings. The molecule has 36 heavy (non-hydrogen) atoms. The third kappa shape index (κ3) is 6.90. The number of methoxy groups -OCH3 is 1. The Hall–Kier alpha value is -0.983. The van der Waals surface area contributed by atoms with Gasteiger partial charge in [0.25, 0.3) is 0 Å². The average molecular weight is 537 g/mol. The number of thiophene rings is 1. The Balaban J connectivity index is 1.59. The van der Waals surface area contributed by atoms with E-state index in [1.165, 1.54) is 49.0 Å². The van der Waals surface area contributed by atoms with Crippen molar-refractivity contribution in [2.75, 3.05) is 7.11 Å². The first-order chi connectivity index (χ1) is 16.9. The van der Waals surface area contributed by atoms with Crippen molar-refractivity contribution in [2.24, 2.45) is 17.3 Å². The molecule has 0 N–H and O–H groups in total. The lowest BCUT2D eigenvalue weighted by Gasteiger charge is -2.51. The summed E-state index contributed by atoms with van der Waals surface area (Å²) in [5, 5.41) is 0.189. The highest BCUT2D eigenvalue weighted by atomic mass is 32.1. The molecule has 3 nitrogen and oxygen atoms in total. The van der Waals surface area contributed by atoms with E-state index in [9.17, 15) is 9.18 Å². The van der Waals surface area contributed by atoms with Crippen molar-refractivity contribution in [3.05, 3.63) is 34.0 Å². The van der Waals surface area contributed by atoms with Gasteiger partial charge in [-0.15, -0.1) is 11.3 Å². The molecule has 1 heterocycles. The number of alkyl halides is 1. The van der Waals surface area contributed by atoms with Gasteiger partial charge < -0.3 is 9.16 Å². The van der Waals surface area contributed by atoms with Crippen LogP contribution in [-0.2, 0) is 15.6 Å².